The van der Waals surface area contributed by atoms with Crippen molar-refractivity contribution in [3.8, 4) is 0 Å². The Hall–Kier alpha value is -0.670. The molecule has 1 fully saturated rings. The van der Waals surface area contributed by atoms with Crippen LogP contribution in [-0.4, -0.2) is 28.7 Å². The minimum absolute atomic E-state index is 0.108. The molecule has 0 aromatic carbocycles. The van der Waals surface area contributed by atoms with E-state index in [0.29, 0.717) is 0 Å². The maximum absolute atomic E-state index is 12.3. The van der Waals surface area contributed by atoms with Gasteiger partial charge in [0.05, 0.1) is 18.6 Å². The highest BCUT2D eigenvalue weighted by Gasteiger charge is 2.29. The van der Waals surface area contributed by atoms with E-state index < -0.39 is 12.0 Å². The summed E-state index contributed by atoms with van der Waals surface area (Å²) in [5.74, 6) is -0.202. The van der Waals surface area contributed by atoms with Crippen LogP contribution in [0.4, 0.5) is 0 Å². The molecule has 0 aliphatic heterocycles. The van der Waals surface area contributed by atoms with Crippen molar-refractivity contribution in [3.05, 3.63) is 12.2 Å². The number of Topliss-reactive ketones (excluding diaryl/α,β-unsaturated/α-hetero) is 1. The van der Waals surface area contributed by atoms with Gasteiger partial charge in [0.2, 0.25) is 0 Å². The summed E-state index contributed by atoms with van der Waals surface area (Å²) in [5.41, 5.74) is -0.192. The number of hydrogen-bond acceptors (Lipinski definition) is 3. The van der Waals surface area contributed by atoms with Gasteiger partial charge in [-0.1, -0.05) is 58.6 Å². The standard InChI is InChI=1S/C18H32O3/c1-4-5-12-18(2,3)16(20)11-10-15(13-19)17(21)14-8-6-7-9-14/h10-11,14-16,19-20H,4-9,12-13H2,1-3H3. The largest absolute Gasteiger partial charge is 0.395 e. The number of aliphatic hydroxyl groups excluding tert-OH is 2. The van der Waals surface area contributed by atoms with E-state index in [4.69, 9.17) is 0 Å². The third-order valence-electron chi connectivity index (χ3n) is 4.82. The Labute approximate surface area is 129 Å². The second kappa shape index (κ2) is 8.70. The van der Waals surface area contributed by atoms with E-state index in [1.807, 2.05) is 13.8 Å². The molecule has 3 nitrogen and oxygen atoms in total. The van der Waals surface area contributed by atoms with Gasteiger partial charge in [0, 0.05) is 5.92 Å². The maximum atomic E-state index is 12.3. The Bertz CT molecular complexity index is 340. The molecular weight excluding hydrogens is 264 g/mol. The average Bonchev–Trinajstić information content (AvgIpc) is 2.99. The van der Waals surface area contributed by atoms with Crippen molar-refractivity contribution in [2.24, 2.45) is 17.3 Å². The second-order valence-electron chi connectivity index (χ2n) is 7.09. The molecule has 1 aliphatic carbocycles. The van der Waals surface area contributed by atoms with Gasteiger partial charge < -0.3 is 10.2 Å². The molecule has 0 spiro atoms. The third-order valence-corrected chi connectivity index (χ3v) is 4.82. The molecular formula is C18H32O3. The van der Waals surface area contributed by atoms with E-state index in [9.17, 15) is 15.0 Å². The van der Waals surface area contributed by atoms with Gasteiger partial charge in [0.25, 0.3) is 0 Å². The minimum Gasteiger partial charge on any atom is -0.395 e. The summed E-state index contributed by atoms with van der Waals surface area (Å²) in [6.45, 7) is 6.07. The summed E-state index contributed by atoms with van der Waals surface area (Å²) in [6, 6.07) is 0. The first kappa shape index (κ1) is 18.4. The lowest BCUT2D eigenvalue weighted by atomic mass is 9.80. The molecule has 2 atom stereocenters. The fraction of sp³-hybridized carbons (Fsp3) is 0.833. The first-order valence-electron chi connectivity index (χ1n) is 8.43. The molecule has 122 valence electrons. The highest BCUT2D eigenvalue weighted by atomic mass is 16.3. The van der Waals surface area contributed by atoms with Crippen molar-refractivity contribution in [1.82, 2.24) is 0 Å². The fourth-order valence-corrected chi connectivity index (χ4v) is 3.04. The molecule has 2 N–H and O–H groups in total. The summed E-state index contributed by atoms with van der Waals surface area (Å²) < 4.78 is 0. The fourth-order valence-electron chi connectivity index (χ4n) is 3.04. The second-order valence-corrected chi connectivity index (χ2v) is 7.09. The number of carbonyl (C=O) groups is 1. The van der Waals surface area contributed by atoms with Gasteiger partial charge in [-0.05, 0) is 24.7 Å². The predicted octanol–water partition coefficient (Wildman–Crippen LogP) is 3.49. The smallest absolute Gasteiger partial charge is 0.145 e. The number of ketones is 1. The zero-order valence-electron chi connectivity index (χ0n) is 13.8. The summed E-state index contributed by atoms with van der Waals surface area (Å²) >= 11 is 0. The van der Waals surface area contributed by atoms with Gasteiger partial charge in [0.1, 0.15) is 5.78 Å². The number of carbonyl (C=O) groups excluding carboxylic acids is 1. The lowest BCUT2D eigenvalue weighted by Gasteiger charge is -2.28. The SMILES string of the molecule is CCCCC(C)(C)C(O)C=CC(CO)C(=O)C1CCCC1. The van der Waals surface area contributed by atoms with E-state index in [2.05, 4.69) is 6.92 Å². The summed E-state index contributed by atoms with van der Waals surface area (Å²) in [7, 11) is 0. The lowest BCUT2D eigenvalue weighted by Crippen LogP contribution is -2.28. The van der Waals surface area contributed by atoms with E-state index >= 15 is 0 Å². The Kier molecular flexibility index (Phi) is 7.61. The average molecular weight is 296 g/mol. The van der Waals surface area contributed by atoms with Crippen LogP contribution in [0.2, 0.25) is 0 Å². The molecule has 0 saturated heterocycles. The molecule has 1 aliphatic rings. The van der Waals surface area contributed by atoms with Gasteiger partial charge in [-0.3, -0.25) is 4.79 Å². The van der Waals surface area contributed by atoms with Crippen molar-refractivity contribution in [2.75, 3.05) is 6.61 Å². The van der Waals surface area contributed by atoms with Crippen LogP contribution in [0.3, 0.4) is 0 Å². The van der Waals surface area contributed by atoms with Gasteiger partial charge in [0.15, 0.2) is 0 Å². The normalized spacial score (nSPS) is 20.0. The van der Waals surface area contributed by atoms with Gasteiger partial charge in [-0.2, -0.15) is 0 Å². The van der Waals surface area contributed by atoms with Crippen LogP contribution in [0.1, 0.15) is 65.7 Å². The van der Waals surface area contributed by atoms with Crippen molar-refractivity contribution < 1.29 is 15.0 Å². The number of hydrogen-bond donors (Lipinski definition) is 2. The quantitative estimate of drug-likeness (QED) is 0.640. The van der Waals surface area contributed by atoms with E-state index in [1.165, 1.54) is 0 Å². The molecule has 2 unspecified atom stereocenters. The van der Waals surface area contributed by atoms with Crippen molar-refractivity contribution in [3.63, 3.8) is 0 Å². The maximum Gasteiger partial charge on any atom is 0.145 e. The van der Waals surface area contributed by atoms with Crippen molar-refractivity contribution in [2.45, 2.75) is 71.8 Å². The number of aliphatic hydroxyl groups is 2. The molecule has 0 bridgehead atoms. The van der Waals surface area contributed by atoms with E-state index in [-0.39, 0.29) is 23.7 Å². The Balaban J connectivity index is 2.60. The molecule has 0 heterocycles. The van der Waals surface area contributed by atoms with Crippen LogP contribution >= 0.6 is 0 Å². The Morgan fingerprint density at radius 1 is 1.29 bits per heavy atom. The summed E-state index contributed by atoms with van der Waals surface area (Å²) in [4.78, 5) is 12.3. The monoisotopic (exact) mass is 296 g/mol. The van der Waals surface area contributed by atoms with Crippen LogP contribution < -0.4 is 0 Å². The summed E-state index contributed by atoms with van der Waals surface area (Å²) in [6.07, 6.45) is 10.1. The molecule has 1 rings (SSSR count). The molecule has 0 amide bonds. The first-order chi connectivity index (χ1) is 9.92. The zero-order chi connectivity index (χ0) is 15.9. The van der Waals surface area contributed by atoms with Gasteiger partial charge in [-0.15, -0.1) is 0 Å². The Morgan fingerprint density at radius 3 is 2.43 bits per heavy atom. The topological polar surface area (TPSA) is 57.5 Å². The van der Waals surface area contributed by atoms with Gasteiger partial charge >= 0.3 is 0 Å². The van der Waals surface area contributed by atoms with Crippen LogP contribution in [0.25, 0.3) is 0 Å². The molecule has 0 radical (unpaired) electrons. The molecule has 21 heavy (non-hydrogen) atoms. The number of unbranched alkanes of at least 4 members (excludes halogenated alkanes) is 1. The highest BCUT2D eigenvalue weighted by Crippen LogP contribution is 2.30. The lowest BCUT2D eigenvalue weighted by molar-refractivity contribution is -0.126. The first-order valence-corrected chi connectivity index (χ1v) is 8.43. The molecule has 0 aromatic heterocycles. The molecule has 0 aromatic rings. The molecule has 1 saturated carbocycles. The van der Waals surface area contributed by atoms with Crippen LogP contribution in [0, 0.1) is 17.3 Å². The predicted molar refractivity (Wildman–Crippen MR) is 86.0 cm³/mol. The van der Waals surface area contributed by atoms with E-state index in [1.54, 1.807) is 12.2 Å². The van der Waals surface area contributed by atoms with Crippen LogP contribution in [0.15, 0.2) is 12.2 Å². The van der Waals surface area contributed by atoms with Crippen LogP contribution in [-0.2, 0) is 4.79 Å². The van der Waals surface area contributed by atoms with Crippen molar-refractivity contribution >= 4 is 5.78 Å². The number of rotatable bonds is 9. The van der Waals surface area contributed by atoms with Crippen LogP contribution in [0.5, 0.6) is 0 Å². The molecule has 3 heteroatoms. The minimum atomic E-state index is -0.575. The van der Waals surface area contributed by atoms with E-state index in [0.717, 1.165) is 44.9 Å². The third kappa shape index (κ3) is 5.55. The Morgan fingerprint density at radius 2 is 1.90 bits per heavy atom. The highest BCUT2D eigenvalue weighted by molar-refractivity contribution is 5.85. The van der Waals surface area contributed by atoms with Gasteiger partial charge in [-0.25, -0.2) is 0 Å². The van der Waals surface area contributed by atoms with Crippen molar-refractivity contribution in [1.29, 1.82) is 0 Å². The zero-order valence-corrected chi connectivity index (χ0v) is 13.8. The summed E-state index contributed by atoms with van der Waals surface area (Å²) in [5, 5.41) is 19.8.